The summed E-state index contributed by atoms with van der Waals surface area (Å²) in [5.74, 6) is -0.243. The Morgan fingerprint density at radius 2 is 1.89 bits per heavy atom. The number of nitrogens with one attached hydrogen (secondary N) is 3. The monoisotopic (exact) mass is 475 g/mol. The molecule has 184 valence electrons. The Hall–Kier alpha value is -3.65. The molecular formula is C27H33N5O3. The average Bonchev–Trinajstić information content (AvgIpc) is 3.14. The van der Waals surface area contributed by atoms with Gasteiger partial charge < -0.3 is 20.5 Å². The zero-order chi connectivity index (χ0) is 25.1. The van der Waals surface area contributed by atoms with Crippen LogP contribution in [0.15, 0.2) is 42.5 Å². The fourth-order valence-electron chi connectivity index (χ4n) is 4.75. The number of piperazine rings is 1. The number of carbonyl (C=O) groups excluding carboxylic acids is 3. The molecule has 0 bridgehead atoms. The predicted molar refractivity (Wildman–Crippen MR) is 136 cm³/mol. The molecule has 1 aliphatic rings. The summed E-state index contributed by atoms with van der Waals surface area (Å²) < 4.78 is 0. The second-order valence-corrected chi connectivity index (χ2v) is 9.20. The number of amides is 3. The molecule has 0 unspecified atom stereocenters. The van der Waals surface area contributed by atoms with E-state index in [9.17, 15) is 14.4 Å². The molecule has 8 heteroatoms. The molecule has 0 radical (unpaired) electrons. The smallest absolute Gasteiger partial charge is 0.251 e. The van der Waals surface area contributed by atoms with E-state index in [0.717, 1.165) is 22.3 Å². The summed E-state index contributed by atoms with van der Waals surface area (Å²) in [4.78, 5) is 44.4. The van der Waals surface area contributed by atoms with Crippen LogP contribution in [-0.4, -0.2) is 65.7 Å². The molecule has 0 saturated carbocycles. The Kier molecular flexibility index (Phi) is 7.21. The fourth-order valence-corrected chi connectivity index (χ4v) is 4.75. The molecule has 1 fully saturated rings. The number of fused-ring (bicyclic) bond motifs is 1. The van der Waals surface area contributed by atoms with Gasteiger partial charge in [-0.05, 0) is 54.8 Å². The molecule has 0 aliphatic carbocycles. The Morgan fingerprint density at radius 3 is 2.63 bits per heavy atom. The average molecular weight is 476 g/mol. The van der Waals surface area contributed by atoms with Crippen molar-refractivity contribution < 1.29 is 14.4 Å². The van der Waals surface area contributed by atoms with Gasteiger partial charge in [-0.2, -0.15) is 0 Å². The van der Waals surface area contributed by atoms with Crippen molar-refractivity contribution in [3.63, 3.8) is 0 Å². The van der Waals surface area contributed by atoms with Gasteiger partial charge in [-0.3, -0.25) is 19.3 Å². The topological polar surface area (TPSA) is 97.5 Å². The number of aromatic amines is 1. The van der Waals surface area contributed by atoms with Gasteiger partial charge in [0.2, 0.25) is 11.8 Å². The first-order valence-electron chi connectivity index (χ1n) is 11.9. The molecule has 3 aromatic rings. The predicted octanol–water partition coefficient (Wildman–Crippen LogP) is 2.67. The van der Waals surface area contributed by atoms with Gasteiger partial charge >= 0.3 is 0 Å². The lowest BCUT2D eigenvalue weighted by Crippen LogP contribution is -2.52. The van der Waals surface area contributed by atoms with Crippen LogP contribution in [0.4, 0.5) is 0 Å². The van der Waals surface area contributed by atoms with Crippen LogP contribution in [-0.2, 0) is 16.1 Å². The van der Waals surface area contributed by atoms with E-state index in [-0.39, 0.29) is 30.3 Å². The van der Waals surface area contributed by atoms with Crippen molar-refractivity contribution in [2.45, 2.75) is 33.4 Å². The van der Waals surface area contributed by atoms with Crippen molar-refractivity contribution in [2.24, 2.45) is 0 Å². The first kappa shape index (κ1) is 24.5. The number of hydrogen-bond acceptors (Lipinski definition) is 4. The zero-order valence-electron chi connectivity index (χ0n) is 20.8. The maximum absolute atomic E-state index is 12.8. The van der Waals surface area contributed by atoms with Crippen LogP contribution in [0.2, 0.25) is 0 Å². The van der Waals surface area contributed by atoms with Gasteiger partial charge in [0.25, 0.3) is 5.91 Å². The van der Waals surface area contributed by atoms with Crippen LogP contribution in [0.1, 0.15) is 45.7 Å². The van der Waals surface area contributed by atoms with Crippen molar-refractivity contribution >= 4 is 28.6 Å². The lowest BCUT2D eigenvalue weighted by molar-refractivity contribution is -0.134. The molecule has 8 nitrogen and oxygen atoms in total. The Labute approximate surface area is 205 Å². The van der Waals surface area contributed by atoms with Crippen molar-refractivity contribution in [3.05, 3.63) is 70.4 Å². The third kappa shape index (κ3) is 5.38. The first-order chi connectivity index (χ1) is 16.8. The zero-order valence-corrected chi connectivity index (χ0v) is 20.8. The molecule has 3 N–H and O–H groups in total. The second kappa shape index (κ2) is 10.3. The van der Waals surface area contributed by atoms with Crippen LogP contribution in [0.3, 0.4) is 0 Å². The summed E-state index contributed by atoms with van der Waals surface area (Å²) in [5.41, 5.74) is 5.97. The quantitative estimate of drug-likeness (QED) is 0.511. The van der Waals surface area contributed by atoms with E-state index in [1.165, 1.54) is 10.9 Å². The number of H-pyrrole nitrogens is 1. The van der Waals surface area contributed by atoms with Crippen molar-refractivity contribution in [2.75, 3.05) is 33.2 Å². The van der Waals surface area contributed by atoms with Gasteiger partial charge in [-0.1, -0.05) is 18.2 Å². The third-order valence-electron chi connectivity index (χ3n) is 6.86. The summed E-state index contributed by atoms with van der Waals surface area (Å²) in [5, 5.41) is 6.85. The summed E-state index contributed by atoms with van der Waals surface area (Å²) in [7, 11) is 1.59. The highest BCUT2D eigenvalue weighted by molar-refractivity contribution is 5.94. The van der Waals surface area contributed by atoms with Gasteiger partial charge in [-0.15, -0.1) is 0 Å². The van der Waals surface area contributed by atoms with Crippen LogP contribution in [0.5, 0.6) is 0 Å². The minimum Gasteiger partial charge on any atom is -0.358 e. The number of benzene rings is 2. The Bertz CT molecular complexity index is 1260. The molecule has 1 atom stereocenters. The highest BCUT2D eigenvalue weighted by Gasteiger charge is 2.31. The number of aryl methyl sites for hydroxylation is 2. The molecule has 0 spiro atoms. The minimum atomic E-state index is -0.221. The lowest BCUT2D eigenvalue weighted by Gasteiger charge is -2.41. The number of rotatable bonds is 6. The van der Waals surface area contributed by atoms with Crippen LogP contribution >= 0.6 is 0 Å². The van der Waals surface area contributed by atoms with Gasteiger partial charge in [0.05, 0.1) is 12.6 Å². The highest BCUT2D eigenvalue weighted by Crippen LogP contribution is 2.26. The summed E-state index contributed by atoms with van der Waals surface area (Å²) in [6.07, 6.45) is 0. The molecule has 35 heavy (non-hydrogen) atoms. The van der Waals surface area contributed by atoms with Gasteiger partial charge in [-0.25, -0.2) is 0 Å². The van der Waals surface area contributed by atoms with E-state index in [1.54, 1.807) is 20.0 Å². The van der Waals surface area contributed by atoms with Crippen molar-refractivity contribution in [1.82, 2.24) is 25.4 Å². The largest absolute Gasteiger partial charge is 0.358 e. The van der Waals surface area contributed by atoms with Crippen molar-refractivity contribution in [1.29, 1.82) is 0 Å². The van der Waals surface area contributed by atoms with Gasteiger partial charge in [0, 0.05) is 62.3 Å². The Balaban J connectivity index is 1.41. The van der Waals surface area contributed by atoms with E-state index in [2.05, 4.69) is 46.5 Å². The minimum absolute atomic E-state index is 0.0184. The normalized spacial score (nSPS) is 16.3. The summed E-state index contributed by atoms with van der Waals surface area (Å²) in [6, 6.07) is 13.3. The number of carbonyl (C=O) groups is 3. The van der Waals surface area contributed by atoms with Crippen LogP contribution < -0.4 is 10.6 Å². The fraction of sp³-hybridized carbons (Fsp3) is 0.370. The molecule has 2 heterocycles. The summed E-state index contributed by atoms with van der Waals surface area (Å²) in [6.45, 7) is 8.10. The van der Waals surface area contributed by atoms with Gasteiger partial charge in [0.1, 0.15) is 0 Å². The molecule has 4 rings (SSSR count). The maximum atomic E-state index is 12.8. The van der Waals surface area contributed by atoms with Crippen molar-refractivity contribution in [3.8, 4) is 0 Å². The summed E-state index contributed by atoms with van der Waals surface area (Å²) >= 11 is 0. The van der Waals surface area contributed by atoms with E-state index >= 15 is 0 Å². The van der Waals surface area contributed by atoms with E-state index in [1.807, 2.05) is 29.2 Å². The SMILES string of the molecule is CNC(=O)c1cccc([C@H]2CN(CC(=O)NCc3ccc4[nH]c(C)c(C)c4c3)CCN2C(C)=O)c1. The molecule has 1 aliphatic heterocycles. The maximum Gasteiger partial charge on any atom is 0.251 e. The molecule has 1 aromatic heterocycles. The molecule has 2 aromatic carbocycles. The van der Waals surface area contributed by atoms with E-state index < -0.39 is 0 Å². The van der Waals surface area contributed by atoms with Crippen LogP contribution in [0, 0.1) is 13.8 Å². The number of hydrogen-bond donors (Lipinski definition) is 3. The first-order valence-corrected chi connectivity index (χ1v) is 11.9. The number of aromatic nitrogens is 1. The van der Waals surface area contributed by atoms with E-state index in [4.69, 9.17) is 0 Å². The third-order valence-corrected chi connectivity index (χ3v) is 6.86. The number of nitrogens with zero attached hydrogens (tertiary/aromatic N) is 2. The molecule has 3 amide bonds. The molecular weight excluding hydrogens is 442 g/mol. The standard InChI is InChI=1S/C27H33N5O3/c1-17-18(2)30-24-9-8-20(12-23(17)24)14-29-26(34)16-31-10-11-32(19(3)33)25(15-31)21-6-5-7-22(13-21)27(35)28-4/h5-9,12-13,25,30H,10-11,14-16H2,1-4H3,(H,28,35)(H,29,34)/t25-/m1/s1. The molecule has 1 saturated heterocycles. The highest BCUT2D eigenvalue weighted by atomic mass is 16.2. The Morgan fingerprint density at radius 1 is 1.09 bits per heavy atom. The van der Waals surface area contributed by atoms with Crippen LogP contribution in [0.25, 0.3) is 10.9 Å². The van der Waals surface area contributed by atoms with E-state index in [0.29, 0.717) is 31.7 Å². The second-order valence-electron chi connectivity index (χ2n) is 9.20. The van der Waals surface area contributed by atoms with Gasteiger partial charge in [0.15, 0.2) is 0 Å². The lowest BCUT2D eigenvalue weighted by atomic mass is 9.99.